The summed E-state index contributed by atoms with van der Waals surface area (Å²) in [6.07, 6.45) is 2.33. The van der Waals surface area contributed by atoms with Gasteiger partial charge in [0, 0.05) is 26.4 Å². The van der Waals surface area contributed by atoms with Gasteiger partial charge in [0.05, 0.1) is 0 Å². The van der Waals surface area contributed by atoms with Gasteiger partial charge in [-0.05, 0) is 24.1 Å². The molecule has 0 saturated heterocycles. The molecule has 1 heterocycles. The SMILES string of the molecule is CN(CCCO)c1ccnc(Cl)n1. The average Bonchev–Trinajstić information content (AvgIpc) is 2.14. The van der Waals surface area contributed by atoms with Gasteiger partial charge >= 0.3 is 0 Å². The van der Waals surface area contributed by atoms with Gasteiger partial charge in [0.25, 0.3) is 0 Å². The third-order valence-electron chi connectivity index (χ3n) is 1.65. The Labute approximate surface area is 82.2 Å². The van der Waals surface area contributed by atoms with E-state index in [0.29, 0.717) is 0 Å². The summed E-state index contributed by atoms with van der Waals surface area (Å²) in [5.41, 5.74) is 0. The molecule has 0 fully saturated rings. The van der Waals surface area contributed by atoms with Crippen molar-refractivity contribution in [2.24, 2.45) is 0 Å². The van der Waals surface area contributed by atoms with E-state index in [0.717, 1.165) is 18.8 Å². The van der Waals surface area contributed by atoms with E-state index in [1.807, 2.05) is 11.9 Å². The molecule has 1 N–H and O–H groups in total. The lowest BCUT2D eigenvalue weighted by Gasteiger charge is -2.16. The molecule has 4 nitrogen and oxygen atoms in total. The van der Waals surface area contributed by atoms with Gasteiger partial charge in [0.2, 0.25) is 5.28 Å². The zero-order chi connectivity index (χ0) is 9.68. The Bertz CT molecular complexity index is 269. The number of aliphatic hydroxyl groups excluding tert-OH is 1. The molecule has 0 aliphatic rings. The van der Waals surface area contributed by atoms with E-state index in [1.54, 1.807) is 12.3 Å². The summed E-state index contributed by atoms with van der Waals surface area (Å²) in [6, 6.07) is 1.78. The van der Waals surface area contributed by atoms with Crippen molar-refractivity contribution in [3.8, 4) is 0 Å². The molecule has 0 aliphatic heterocycles. The van der Waals surface area contributed by atoms with Crippen molar-refractivity contribution < 1.29 is 5.11 Å². The maximum Gasteiger partial charge on any atom is 0.224 e. The highest BCUT2D eigenvalue weighted by Crippen LogP contribution is 2.10. The molecule has 0 atom stereocenters. The Balaban J connectivity index is 2.60. The minimum absolute atomic E-state index is 0.184. The molecule has 0 aliphatic carbocycles. The first-order chi connectivity index (χ1) is 6.24. The third kappa shape index (κ3) is 3.16. The van der Waals surface area contributed by atoms with Crippen LogP contribution in [0.1, 0.15) is 6.42 Å². The van der Waals surface area contributed by atoms with Crippen LogP contribution in [0.25, 0.3) is 0 Å². The number of hydrogen-bond donors (Lipinski definition) is 1. The van der Waals surface area contributed by atoms with E-state index in [2.05, 4.69) is 9.97 Å². The Kier molecular flexibility index (Phi) is 3.92. The fourth-order valence-corrected chi connectivity index (χ4v) is 1.10. The molecule has 13 heavy (non-hydrogen) atoms. The highest BCUT2D eigenvalue weighted by Gasteiger charge is 2.01. The predicted molar refractivity (Wildman–Crippen MR) is 52.0 cm³/mol. The van der Waals surface area contributed by atoms with Crippen LogP contribution in [0.5, 0.6) is 0 Å². The van der Waals surface area contributed by atoms with Crippen LogP contribution in [-0.4, -0.2) is 35.3 Å². The predicted octanol–water partition coefficient (Wildman–Crippen LogP) is 0.949. The highest BCUT2D eigenvalue weighted by atomic mass is 35.5. The standard InChI is InChI=1S/C8H12ClN3O/c1-12(5-2-6-13)7-3-4-10-8(9)11-7/h3-4,13H,2,5-6H2,1H3. The quantitative estimate of drug-likeness (QED) is 0.737. The number of aromatic nitrogens is 2. The van der Waals surface area contributed by atoms with Crippen molar-refractivity contribution in [3.05, 3.63) is 17.5 Å². The summed E-state index contributed by atoms with van der Waals surface area (Å²) in [6.45, 7) is 0.937. The molecular weight excluding hydrogens is 190 g/mol. The Morgan fingerprint density at radius 2 is 2.38 bits per heavy atom. The monoisotopic (exact) mass is 201 g/mol. The number of aliphatic hydroxyl groups is 1. The van der Waals surface area contributed by atoms with Crippen molar-refractivity contribution in [3.63, 3.8) is 0 Å². The van der Waals surface area contributed by atoms with Gasteiger partial charge < -0.3 is 10.0 Å². The first kappa shape index (κ1) is 10.2. The first-order valence-corrected chi connectivity index (χ1v) is 4.42. The van der Waals surface area contributed by atoms with E-state index in [4.69, 9.17) is 16.7 Å². The van der Waals surface area contributed by atoms with Crippen LogP contribution in [0.2, 0.25) is 5.28 Å². The number of rotatable bonds is 4. The van der Waals surface area contributed by atoms with Gasteiger partial charge in [0.1, 0.15) is 5.82 Å². The number of hydrogen-bond acceptors (Lipinski definition) is 4. The molecule has 72 valence electrons. The Hall–Kier alpha value is -0.870. The summed E-state index contributed by atoms with van der Waals surface area (Å²) in [4.78, 5) is 9.73. The lowest BCUT2D eigenvalue weighted by molar-refractivity contribution is 0.290. The molecule has 1 aromatic heterocycles. The van der Waals surface area contributed by atoms with Gasteiger partial charge in [-0.2, -0.15) is 0 Å². The minimum Gasteiger partial charge on any atom is -0.396 e. The van der Waals surface area contributed by atoms with Gasteiger partial charge in [-0.15, -0.1) is 0 Å². The van der Waals surface area contributed by atoms with Gasteiger partial charge in [-0.25, -0.2) is 9.97 Å². The number of anilines is 1. The lowest BCUT2D eigenvalue weighted by atomic mass is 10.4. The molecule has 0 amide bonds. The second-order valence-electron chi connectivity index (χ2n) is 2.68. The summed E-state index contributed by atoms with van der Waals surface area (Å²) < 4.78 is 0. The number of halogens is 1. The van der Waals surface area contributed by atoms with Crippen LogP contribution in [0.4, 0.5) is 5.82 Å². The smallest absolute Gasteiger partial charge is 0.224 e. The molecule has 1 aromatic rings. The van der Waals surface area contributed by atoms with Crippen molar-refractivity contribution in [1.29, 1.82) is 0 Å². The van der Waals surface area contributed by atoms with E-state index in [-0.39, 0.29) is 11.9 Å². The van der Waals surface area contributed by atoms with Gasteiger partial charge in [0.15, 0.2) is 0 Å². The molecule has 0 unspecified atom stereocenters. The van der Waals surface area contributed by atoms with Crippen LogP contribution in [0, 0.1) is 0 Å². The van der Waals surface area contributed by atoms with E-state index in [9.17, 15) is 0 Å². The fraction of sp³-hybridized carbons (Fsp3) is 0.500. The van der Waals surface area contributed by atoms with Crippen LogP contribution < -0.4 is 4.90 Å². The van der Waals surface area contributed by atoms with E-state index < -0.39 is 0 Å². The van der Waals surface area contributed by atoms with E-state index in [1.165, 1.54) is 0 Å². The Morgan fingerprint density at radius 3 is 3.00 bits per heavy atom. The van der Waals surface area contributed by atoms with Crippen LogP contribution in [0.3, 0.4) is 0 Å². The molecule has 0 spiro atoms. The lowest BCUT2D eigenvalue weighted by Crippen LogP contribution is -2.20. The third-order valence-corrected chi connectivity index (χ3v) is 1.84. The Morgan fingerprint density at radius 1 is 1.62 bits per heavy atom. The summed E-state index contributed by atoms with van der Waals surface area (Å²) in [7, 11) is 1.90. The molecule has 1 rings (SSSR count). The second-order valence-corrected chi connectivity index (χ2v) is 3.02. The maximum absolute atomic E-state index is 8.63. The molecule has 0 bridgehead atoms. The van der Waals surface area contributed by atoms with Crippen LogP contribution >= 0.6 is 11.6 Å². The molecular formula is C8H12ClN3O. The van der Waals surface area contributed by atoms with Crippen LogP contribution in [0.15, 0.2) is 12.3 Å². The maximum atomic E-state index is 8.63. The van der Waals surface area contributed by atoms with Gasteiger partial charge in [-0.1, -0.05) is 0 Å². The molecule has 0 saturated carbocycles. The fourth-order valence-electron chi connectivity index (χ4n) is 0.961. The molecule has 0 radical (unpaired) electrons. The summed E-state index contributed by atoms with van der Waals surface area (Å²) in [5, 5.41) is 8.87. The first-order valence-electron chi connectivity index (χ1n) is 4.04. The topological polar surface area (TPSA) is 49.2 Å². The summed E-state index contributed by atoms with van der Waals surface area (Å²) >= 11 is 5.62. The number of nitrogens with zero attached hydrogens (tertiary/aromatic N) is 3. The minimum atomic E-state index is 0.184. The zero-order valence-corrected chi connectivity index (χ0v) is 8.20. The second kappa shape index (κ2) is 4.99. The molecule has 5 heteroatoms. The summed E-state index contributed by atoms with van der Waals surface area (Å²) in [5.74, 6) is 0.772. The normalized spacial score (nSPS) is 10.1. The zero-order valence-electron chi connectivity index (χ0n) is 7.44. The van der Waals surface area contributed by atoms with E-state index >= 15 is 0 Å². The van der Waals surface area contributed by atoms with Crippen molar-refractivity contribution >= 4 is 17.4 Å². The van der Waals surface area contributed by atoms with Crippen molar-refractivity contribution in [1.82, 2.24) is 9.97 Å². The largest absolute Gasteiger partial charge is 0.396 e. The highest BCUT2D eigenvalue weighted by molar-refractivity contribution is 6.28. The van der Waals surface area contributed by atoms with Crippen molar-refractivity contribution in [2.75, 3.05) is 25.1 Å². The van der Waals surface area contributed by atoms with Crippen LogP contribution in [-0.2, 0) is 0 Å². The molecule has 0 aromatic carbocycles. The van der Waals surface area contributed by atoms with Crippen molar-refractivity contribution in [2.45, 2.75) is 6.42 Å². The average molecular weight is 202 g/mol. The van der Waals surface area contributed by atoms with Gasteiger partial charge in [-0.3, -0.25) is 0 Å².